The van der Waals surface area contributed by atoms with Crippen molar-refractivity contribution in [2.75, 3.05) is 19.1 Å². The Labute approximate surface area is 237 Å². The fraction of sp³-hybridized carbons (Fsp3) is 0.0968. The molecule has 1 aliphatic rings. The van der Waals surface area contributed by atoms with Gasteiger partial charge in [-0.2, -0.15) is 5.10 Å². The van der Waals surface area contributed by atoms with Gasteiger partial charge in [-0.3, -0.25) is 14.5 Å². The number of carbonyl (C=O) groups excluding carboxylic acids is 1. The van der Waals surface area contributed by atoms with E-state index in [1.165, 1.54) is 16.2 Å². The highest BCUT2D eigenvalue weighted by atomic mass is 32.1. The van der Waals surface area contributed by atoms with Gasteiger partial charge in [0, 0.05) is 28.9 Å². The van der Waals surface area contributed by atoms with Crippen LogP contribution >= 0.6 is 11.3 Å². The number of benzene rings is 3. The van der Waals surface area contributed by atoms with E-state index < -0.39 is 11.9 Å². The molecule has 0 saturated heterocycles. The summed E-state index contributed by atoms with van der Waals surface area (Å²) in [5.41, 5.74) is 3.06. The van der Waals surface area contributed by atoms with Crippen LogP contribution in [0.15, 0.2) is 99.8 Å². The number of hydrogen-bond donors (Lipinski definition) is 0. The fourth-order valence-electron chi connectivity index (χ4n) is 5.25. The van der Waals surface area contributed by atoms with Crippen LogP contribution in [-0.4, -0.2) is 34.9 Å². The van der Waals surface area contributed by atoms with Crippen LogP contribution in [0.25, 0.3) is 27.9 Å². The van der Waals surface area contributed by atoms with Crippen molar-refractivity contribution >= 4 is 33.3 Å². The third-order valence-electron chi connectivity index (χ3n) is 7.12. The maximum Gasteiger partial charge on any atom is 0.297 e. The molecule has 0 N–H and O–H groups in total. The molecule has 4 heterocycles. The summed E-state index contributed by atoms with van der Waals surface area (Å²) >= 11 is 1.31. The number of amides is 1. The zero-order chi connectivity index (χ0) is 28.1. The Bertz CT molecular complexity index is 1980. The van der Waals surface area contributed by atoms with E-state index in [0.29, 0.717) is 38.9 Å². The Kier molecular flexibility index (Phi) is 5.90. The van der Waals surface area contributed by atoms with Crippen molar-refractivity contribution in [3.63, 3.8) is 0 Å². The summed E-state index contributed by atoms with van der Waals surface area (Å²) < 4.78 is 18.9. The van der Waals surface area contributed by atoms with E-state index >= 15 is 0 Å². The van der Waals surface area contributed by atoms with Crippen LogP contribution in [0, 0.1) is 0 Å². The standard InChI is InChI=1S/C31H22N4O5S/c1-38-23-13-12-18(16-24(23)39-2)26-21(17-34(33-26)19-8-4-3-5-9-19)27-25-28(36)20-10-6-7-11-22(20)40-29(25)30(37)35(27)31-32-14-15-41-31/h3-17,27H,1-2H3. The molecule has 9 nitrogen and oxygen atoms in total. The van der Waals surface area contributed by atoms with Gasteiger partial charge in [0.05, 0.1) is 36.6 Å². The number of aromatic nitrogens is 3. The van der Waals surface area contributed by atoms with E-state index in [-0.39, 0.29) is 16.8 Å². The number of fused-ring (bicyclic) bond motifs is 2. The lowest BCUT2D eigenvalue weighted by Crippen LogP contribution is -2.29. The van der Waals surface area contributed by atoms with E-state index in [1.54, 1.807) is 60.8 Å². The number of thiazole rings is 1. The van der Waals surface area contributed by atoms with Crippen molar-refractivity contribution in [2.45, 2.75) is 6.04 Å². The topological polar surface area (TPSA) is 99.7 Å². The summed E-state index contributed by atoms with van der Waals surface area (Å²) in [4.78, 5) is 34.0. The second-order valence-corrected chi connectivity index (χ2v) is 10.2. The molecule has 1 aliphatic heterocycles. The van der Waals surface area contributed by atoms with Crippen LogP contribution in [0.3, 0.4) is 0 Å². The Balaban J connectivity index is 1.54. The number of para-hydroxylation sites is 2. The van der Waals surface area contributed by atoms with Crippen LogP contribution in [0.4, 0.5) is 5.13 Å². The molecule has 202 valence electrons. The largest absolute Gasteiger partial charge is 0.493 e. The first-order valence-corrected chi connectivity index (χ1v) is 13.6. The van der Waals surface area contributed by atoms with Gasteiger partial charge < -0.3 is 13.9 Å². The number of carbonyl (C=O) groups is 1. The quantitative estimate of drug-likeness (QED) is 0.250. The molecule has 1 amide bonds. The average Bonchev–Trinajstić information content (AvgIpc) is 3.76. The van der Waals surface area contributed by atoms with Crippen molar-refractivity contribution in [2.24, 2.45) is 0 Å². The Hall–Kier alpha value is -5.22. The van der Waals surface area contributed by atoms with Crippen LogP contribution in [0.2, 0.25) is 0 Å². The number of hydrogen-bond acceptors (Lipinski definition) is 8. The summed E-state index contributed by atoms with van der Waals surface area (Å²) in [7, 11) is 3.14. The number of rotatable bonds is 6. The van der Waals surface area contributed by atoms with Gasteiger partial charge in [-0.1, -0.05) is 30.3 Å². The zero-order valence-electron chi connectivity index (χ0n) is 22.0. The number of ether oxygens (including phenoxy) is 2. The predicted octanol–water partition coefficient (Wildman–Crippen LogP) is 5.87. The highest BCUT2D eigenvalue weighted by molar-refractivity contribution is 7.13. The molecule has 1 unspecified atom stereocenters. The predicted molar refractivity (Wildman–Crippen MR) is 155 cm³/mol. The van der Waals surface area contributed by atoms with Crippen LogP contribution in [-0.2, 0) is 0 Å². The van der Waals surface area contributed by atoms with Gasteiger partial charge >= 0.3 is 0 Å². The average molecular weight is 563 g/mol. The first kappa shape index (κ1) is 24.8. The highest BCUT2D eigenvalue weighted by Crippen LogP contribution is 2.45. The number of methoxy groups -OCH3 is 2. The van der Waals surface area contributed by atoms with E-state index in [1.807, 2.05) is 48.7 Å². The molecule has 0 bridgehead atoms. The molecule has 41 heavy (non-hydrogen) atoms. The first-order chi connectivity index (χ1) is 20.1. The number of anilines is 1. The molecule has 6 aromatic rings. The van der Waals surface area contributed by atoms with Crippen LogP contribution in [0.5, 0.6) is 11.5 Å². The summed E-state index contributed by atoms with van der Waals surface area (Å²) in [5.74, 6) is 0.654. The Morgan fingerprint density at radius 3 is 2.46 bits per heavy atom. The van der Waals surface area contributed by atoms with Gasteiger partial charge in [-0.25, -0.2) is 9.67 Å². The molecule has 0 saturated carbocycles. The Morgan fingerprint density at radius 1 is 0.927 bits per heavy atom. The third-order valence-corrected chi connectivity index (χ3v) is 7.89. The van der Waals surface area contributed by atoms with Gasteiger partial charge in [0.15, 0.2) is 22.1 Å². The normalized spacial score (nSPS) is 14.4. The van der Waals surface area contributed by atoms with Crippen molar-refractivity contribution in [1.29, 1.82) is 0 Å². The van der Waals surface area contributed by atoms with E-state index in [9.17, 15) is 9.59 Å². The van der Waals surface area contributed by atoms with Crippen molar-refractivity contribution in [1.82, 2.24) is 14.8 Å². The van der Waals surface area contributed by atoms with Gasteiger partial charge in [0.25, 0.3) is 5.91 Å². The molecule has 3 aromatic heterocycles. The minimum Gasteiger partial charge on any atom is -0.493 e. The smallest absolute Gasteiger partial charge is 0.297 e. The fourth-order valence-corrected chi connectivity index (χ4v) is 5.92. The molecular formula is C31H22N4O5S. The molecular weight excluding hydrogens is 540 g/mol. The first-order valence-electron chi connectivity index (χ1n) is 12.7. The van der Waals surface area contributed by atoms with Gasteiger partial charge in [0.2, 0.25) is 5.76 Å². The minimum atomic E-state index is -0.843. The zero-order valence-corrected chi connectivity index (χ0v) is 22.8. The lowest BCUT2D eigenvalue weighted by molar-refractivity contribution is 0.0971. The Morgan fingerprint density at radius 2 is 1.71 bits per heavy atom. The van der Waals surface area contributed by atoms with Crippen molar-refractivity contribution in [3.05, 3.63) is 118 Å². The third kappa shape index (κ3) is 3.91. The molecule has 0 radical (unpaired) electrons. The molecule has 0 aliphatic carbocycles. The minimum absolute atomic E-state index is 0.000349. The van der Waals surface area contributed by atoms with Crippen LogP contribution < -0.4 is 19.8 Å². The molecule has 3 aromatic carbocycles. The van der Waals surface area contributed by atoms with E-state index in [2.05, 4.69) is 4.98 Å². The maximum absolute atomic E-state index is 14.1. The highest BCUT2D eigenvalue weighted by Gasteiger charge is 2.46. The monoisotopic (exact) mass is 562 g/mol. The second kappa shape index (κ2) is 9.76. The lowest BCUT2D eigenvalue weighted by atomic mass is 9.96. The van der Waals surface area contributed by atoms with E-state index in [0.717, 1.165) is 11.3 Å². The van der Waals surface area contributed by atoms with Crippen molar-refractivity contribution in [3.8, 4) is 28.4 Å². The van der Waals surface area contributed by atoms with Gasteiger partial charge in [-0.15, -0.1) is 11.3 Å². The lowest BCUT2D eigenvalue weighted by Gasteiger charge is -2.22. The second-order valence-electron chi connectivity index (χ2n) is 9.35. The van der Waals surface area contributed by atoms with E-state index in [4.69, 9.17) is 19.0 Å². The SMILES string of the molecule is COc1ccc(-c2nn(-c3ccccc3)cc2C2c3c(oc4ccccc4c3=O)C(=O)N2c2nccs2)cc1OC. The summed E-state index contributed by atoms with van der Waals surface area (Å²) in [5, 5.41) is 7.59. The van der Waals surface area contributed by atoms with Gasteiger partial charge in [0.1, 0.15) is 11.6 Å². The molecule has 1 atom stereocenters. The van der Waals surface area contributed by atoms with Crippen molar-refractivity contribution < 1.29 is 18.7 Å². The van der Waals surface area contributed by atoms with Crippen LogP contribution in [0.1, 0.15) is 27.7 Å². The summed E-state index contributed by atoms with van der Waals surface area (Å²) in [6.07, 6.45) is 3.48. The summed E-state index contributed by atoms with van der Waals surface area (Å²) in [6, 6.07) is 21.2. The molecule has 10 heteroatoms. The molecule has 0 spiro atoms. The molecule has 7 rings (SSSR count). The summed E-state index contributed by atoms with van der Waals surface area (Å²) in [6.45, 7) is 0. The number of nitrogens with zero attached hydrogens (tertiary/aromatic N) is 4. The maximum atomic E-state index is 14.1. The van der Waals surface area contributed by atoms with Gasteiger partial charge in [-0.05, 0) is 42.5 Å². The molecule has 0 fully saturated rings.